The van der Waals surface area contributed by atoms with E-state index in [1.54, 1.807) is 31.0 Å². The van der Waals surface area contributed by atoms with Crippen LogP contribution in [0.25, 0.3) is 0 Å². The van der Waals surface area contributed by atoms with Crippen molar-refractivity contribution in [3.63, 3.8) is 0 Å². The molecule has 3 aromatic rings. The largest absolute Gasteiger partial charge is 0.481 e. The molecule has 0 spiro atoms. The second-order valence-electron chi connectivity index (χ2n) is 7.21. The van der Waals surface area contributed by atoms with Gasteiger partial charge in [-0.25, -0.2) is 4.98 Å². The topological polar surface area (TPSA) is 78.3 Å². The minimum atomic E-state index is -0.0794. The summed E-state index contributed by atoms with van der Waals surface area (Å²) in [5.74, 6) is 2.50. The highest BCUT2D eigenvalue weighted by Gasteiger charge is 2.13. The highest BCUT2D eigenvalue weighted by atomic mass is 32.2. The van der Waals surface area contributed by atoms with Gasteiger partial charge in [0, 0.05) is 29.6 Å². The van der Waals surface area contributed by atoms with Crippen molar-refractivity contribution in [2.24, 2.45) is 0 Å². The van der Waals surface area contributed by atoms with Crippen LogP contribution in [-0.4, -0.2) is 28.8 Å². The summed E-state index contributed by atoms with van der Waals surface area (Å²) < 4.78 is 12.1. The predicted molar refractivity (Wildman–Crippen MR) is 125 cm³/mol. The Morgan fingerprint density at radius 2 is 1.84 bits per heavy atom. The van der Waals surface area contributed by atoms with Gasteiger partial charge in [-0.15, -0.1) is 11.8 Å². The van der Waals surface area contributed by atoms with E-state index in [0.29, 0.717) is 40.8 Å². The fraction of sp³-hybridized carbons (Fsp3) is 0.348. The monoisotopic (exact) mass is 440 g/mol. The summed E-state index contributed by atoms with van der Waals surface area (Å²) in [6.45, 7) is 6.76. The summed E-state index contributed by atoms with van der Waals surface area (Å²) in [6, 6.07) is 11.8. The van der Waals surface area contributed by atoms with Crippen molar-refractivity contribution in [3.05, 3.63) is 64.1 Å². The van der Waals surface area contributed by atoms with Gasteiger partial charge in [0.1, 0.15) is 0 Å². The average molecular weight is 441 g/mol. The van der Waals surface area contributed by atoms with Gasteiger partial charge in [0.15, 0.2) is 0 Å². The molecule has 0 aliphatic carbocycles. The van der Waals surface area contributed by atoms with Crippen LogP contribution in [0, 0.1) is 0 Å². The Morgan fingerprint density at radius 3 is 2.45 bits per heavy atom. The summed E-state index contributed by atoms with van der Waals surface area (Å²) in [5, 5.41) is 3.26. The molecule has 0 fully saturated rings. The molecule has 0 atom stereocenters. The summed E-state index contributed by atoms with van der Waals surface area (Å²) in [7, 11) is 3.12. The maximum absolute atomic E-state index is 13.0. The number of pyridine rings is 1. The number of rotatable bonds is 9. The first-order valence-electron chi connectivity index (χ1n) is 10.1. The van der Waals surface area contributed by atoms with E-state index in [2.05, 4.69) is 41.3 Å². The van der Waals surface area contributed by atoms with Gasteiger partial charge in [0.2, 0.25) is 17.7 Å². The second-order valence-corrected chi connectivity index (χ2v) is 8.23. The molecule has 1 N–H and O–H groups in total. The highest BCUT2D eigenvalue weighted by molar-refractivity contribution is 7.98. The molecular weight excluding hydrogens is 412 g/mol. The second kappa shape index (κ2) is 10.3. The summed E-state index contributed by atoms with van der Waals surface area (Å²) in [6.07, 6.45) is 1.62. The molecule has 0 saturated heterocycles. The van der Waals surface area contributed by atoms with E-state index >= 15 is 0 Å². The van der Waals surface area contributed by atoms with E-state index in [1.165, 1.54) is 17.3 Å². The Kier molecular flexibility index (Phi) is 7.57. The van der Waals surface area contributed by atoms with E-state index in [-0.39, 0.29) is 5.56 Å². The number of aromatic nitrogens is 3. The van der Waals surface area contributed by atoms with Crippen molar-refractivity contribution in [2.45, 2.75) is 43.9 Å². The maximum atomic E-state index is 13.0. The molecule has 0 unspecified atom stereocenters. The van der Waals surface area contributed by atoms with E-state index in [4.69, 9.17) is 9.47 Å². The summed E-state index contributed by atoms with van der Waals surface area (Å²) >= 11 is 1.41. The van der Waals surface area contributed by atoms with E-state index in [1.807, 2.05) is 25.1 Å². The molecule has 0 amide bonds. The van der Waals surface area contributed by atoms with Crippen LogP contribution in [0.3, 0.4) is 0 Å². The number of ether oxygens (including phenoxy) is 2. The normalized spacial score (nSPS) is 10.9. The lowest BCUT2D eigenvalue weighted by molar-refractivity contribution is 0.362. The molecule has 0 bridgehead atoms. The molecule has 164 valence electrons. The first kappa shape index (κ1) is 22.7. The van der Waals surface area contributed by atoms with Crippen LogP contribution in [0.1, 0.15) is 37.8 Å². The number of benzene rings is 1. The number of methoxy groups -OCH3 is 2. The lowest BCUT2D eigenvalue weighted by atomic mass is 10.0. The molecule has 0 aliphatic rings. The van der Waals surface area contributed by atoms with Gasteiger partial charge in [0.05, 0.1) is 25.3 Å². The number of nitrogens with one attached hydrogen (secondary N) is 1. The quantitative estimate of drug-likeness (QED) is 0.477. The fourth-order valence-electron chi connectivity index (χ4n) is 3.05. The van der Waals surface area contributed by atoms with Gasteiger partial charge < -0.3 is 14.8 Å². The molecule has 3 rings (SSSR count). The number of hydrogen-bond donors (Lipinski definition) is 1. The van der Waals surface area contributed by atoms with Crippen LogP contribution in [0.5, 0.6) is 11.8 Å². The third-order valence-electron chi connectivity index (χ3n) is 4.86. The van der Waals surface area contributed by atoms with Gasteiger partial charge in [-0.2, -0.15) is 4.98 Å². The van der Waals surface area contributed by atoms with Crippen LogP contribution in [0.4, 0.5) is 11.6 Å². The third kappa shape index (κ3) is 5.38. The van der Waals surface area contributed by atoms with Gasteiger partial charge in [-0.1, -0.05) is 26.0 Å². The van der Waals surface area contributed by atoms with Crippen molar-refractivity contribution in [1.29, 1.82) is 0 Å². The zero-order chi connectivity index (χ0) is 22.4. The molecule has 1 aromatic carbocycles. The van der Waals surface area contributed by atoms with Crippen molar-refractivity contribution in [2.75, 3.05) is 19.5 Å². The Morgan fingerprint density at radius 1 is 1.10 bits per heavy atom. The van der Waals surface area contributed by atoms with Crippen LogP contribution in [0.15, 0.2) is 52.3 Å². The molecule has 8 heteroatoms. The average Bonchev–Trinajstić information content (AvgIpc) is 2.79. The Hall–Kier alpha value is -3.00. The van der Waals surface area contributed by atoms with Gasteiger partial charge in [0.25, 0.3) is 5.56 Å². The van der Waals surface area contributed by atoms with Crippen molar-refractivity contribution in [3.8, 4) is 11.8 Å². The smallest absolute Gasteiger partial charge is 0.268 e. The molecule has 2 heterocycles. The first-order chi connectivity index (χ1) is 15.0. The van der Waals surface area contributed by atoms with E-state index in [0.717, 1.165) is 11.3 Å². The zero-order valence-corrected chi connectivity index (χ0v) is 19.3. The predicted octanol–water partition coefficient (Wildman–Crippen LogP) is 4.83. The number of nitrogens with zero attached hydrogens (tertiary/aromatic N) is 3. The van der Waals surface area contributed by atoms with Gasteiger partial charge >= 0.3 is 0 Å². The van der Waals surface area contributed by atoms with Crippen LogP contribution in [-0.2, 0) is 12.3 Å². The standard InChI is InChI=1S/C23H28N4O3S/c1-6-27-22(28)19(31-14-17-9-12-20(29-4)26-21(17)30-5)13-24-23(27)25-18-10-7-16(8-11-18)15(2)3/h7-13,15H,6,14H2,1-5H3,(H,24,25). The molecular formula is C23H28N4O3S. The zero-order valence-electron chi connectivity index (χ0n) is 18.5. The number of hydrogen-bond acceptors (Lipinski definition) is 7. The van der Waals surface area contributed by atoms with Gasteiger partial charge in [-0.3, -0.25) is 9.36 Å². The van der Waals surface area contributed by atoms with Crippen LogP contribution >= 0.6 is 11.8 Å². The molecule has 31 heavy (non-hydrogen) atoms. The maximum Gasteiger partial charge on any atom is 0.268 e. The lowest BCUT2D eigenvalue weighted by Gasteiger charge is -2.14. The van der Waals surface area contributed by atoms with Gasteiger partial charge in [-0.05, 0) is 36.6 Å². The van der Waals surface area contributed by atoms with E-state index < -0.39 is 0 Å². The lowest BCUT2D eigenvalue weighted by Crippen LogP contribution is -2.24. The number of thioether (sulfide) groups is 1. The Labute approximate surface area is 186 Å². The first-order valence-corrected chi connectivity index (χ1v) is 11.1. The molecule has 0 saturated carbocycles. The Bertz CT molecular complexity index is 1080. The molecule has 7 nitrogen and oxygen atoms in total. The van der Waals surface area contributed by atoms with Crippen LogP contribution in [0.2, 0.25) is 0 Å². The van der Waals surface area contributed by atoms with Crippen molar-refractivity contribution < 1.29 is 9.47 Å². The Balaban J connectivity index is 1.79. The summed E-state index contributed by atoms with van der Waals surface area (Å²) in [5.41, 5.74) is 2.96. The highest BCUT2D eigenvalue weighted by Crippen LogP contribution is 2.27. The minimum Gasteiger partial charge on any atom is -0.481 e. The third-order valence-corrected chi connectivity index (χ3v) is 5.91. The molecule has 0 radical (unpaired) electrons. The number of anilines is 2. The molecule has 0 aliphatic heterocycles. The summed E-state index contributed by atoms with van der Waals surface area (Å²) in [4.78, 5) is 22.4. The minimum absolute atomic E-state index is 0.0794. The van der Waals surface area contributed by atoms with Crippen molar-refractivity contribution in [1.82, 2.24) is 14.5 Å². The van der Waals surface area contributed by atoms with Crippen LogP contribution < -0.4 is 20.3 Å². The fourth-order valence-corrected chi connectivity index (χ4v) is 3.95. The van der Waals surface area contributed by atoms with Crippen molar-refractivity contribution >= 4 is 23.4 Å². The molecule has 2 aromatic heterocycles. The SMILES string of the molecule is CCn1c(Nc2ccc(C(C)C)cc2)ncc(SCc2ccc(OC)nc2OC)c1=O. The van der Waals surface area contributed by atoms with E-state index in [9.17, 15) is 4.79 Å².